The summed E-state index contributed by atoms with van der Waals surface area (Å²) in [6.45, 7) is 0. The van der Waals surface area contributed by atoms with Gasteiger partial charge in [-0.15, -0.1) is 0 Å². The van der Waals surface area contributed by atoms with E-state index in [1.54, 1.807) is 45.6 Å². The lowest BCUT2D eigenvalue weighted by atomic mass is 10.0. The number of aromatic hydroxyl groups is 1. The summed E-state index contributed by atoms with van der Waals surface area (Å²) >= 11 is 0. The van der Waals surface area contributed by atoms with E-state index in [4.69, 9.17) is 14.2 Å². The molecule has 2 rings (SSSR count). The van der Waals surface area contributed by atoms with Crippen LogP contribution in [-0.4, -0.2) is 26.4 Å². The molecule has 1 N–H and O–H groups in total. The number of phenols is 1. The van der Waals surface area contributed by atoms with Crippen LogP contribution in [0, 0.1) is 0 Å². The molecule has 0 unspecified atom stereocenters. The first-order chi connectivity index (χ1) is 9.21. The van der Waals surface area contributed by atoms with Crippen molar-refractivity contribution in [2.75, 3.05) is 21.3 Å². The van der Waals surface area contributed by atoms with E-state index in [9.17, 15) is 5.11 Å². The Morgan fingerprint density at radius 2 is 1.63 bits per heavy atom. The van der Waals surface area contributed by atoms with Crippen molar-refractivity contribution in [1.82, 2.24) is 0 Å². The quantitative estimate of drug-likeness (QED) is 0.917. The Bertz CT molecular complexity index is 578. The number of rotatable bonds is 4. The first-order valence-corrected chi connectivity index (χ1v) is 5.79. The van der Waals surface area contributed by atoms with Crippen molar-refractivity contribution < 1.29 is 19.3 Å². The van der Waals surface area contributed by atoms with E-state index in [-0.39, 0.29) is 5.75 Å². The minimum absolute atomic E-state index is 0.160. The third kappa shape index (κ3) is 2.42. The van der Waals surface area contributed by atoms with Gasteiger partial charge in [-0.05, 0) is 24.3 Å². The first kappa shape index (κ1) is 13.1. The van der Waals surface area contributed by atoms with Crippen LogP contribution in [0.3, 0.4) is 0 Å². The number of ether oxygens (including phenoxy) is 3. The summed E-state index contributed by atoms with van der Waals surface area (Å²) in [5.74, 6) is 2.01. The van der Waals surface area contributed by atoms with Crippen molar-refractivity contribution in [2.24, 2.45) is 0 Å². The molecule has 2 aromatic carbocycles. The molecule has 0 spiro atoms. The maximum Gasteiger partial charge on any atom is 0.168 e. The normalized spacial score (nSPS) is 10.1. The molecule has 0 atom stereocenters. The van der Waals surface area contributed by atoms with Gasteiger partial charge >= 0.3 is 0 Å². The second-order valence-corrected chi connectivity index (χ2v) is 3.92. The van der Waals surface area contributed by atoms with Gasteiger partial charge in [0, 0.05) is 11.1 Å². The summed E-state index contributed by atoms with van der Waals surface area (Å²) in [6, 6.07) is 10.6. The lowest BCUT2D eigenvalue weighted by Crippen LogP contribution is -1.93. The summed E-state index contributed by atoms with van der Waals surface area (Å²) in [7, 11) is 4.73. The van der Waals surface area contributed by atoms with E-state index in [2.05, 4.69) is 0 Å². The summed E-state index contributed by atoms with van der Waals surface area (Å²) in [5.41, 5.74) is 1.38. The summed E-state index contributed by atoms with van der Waals surface area (Å²) < 4.78 is 15.8. The topological polar surface area (TPSA) is 47.9 Å². The molecular weight excluding hydrogens is 244 g/mol. The molecule has 100 valence electrons. The van der Waals surface area contributed by atoms with Crippen LogP contribution in [0.1, 0.15) is 0 Å². The second-order valence-electron chi connectivity index (χ2n) is 3.92. The highest BCUT2D eigenvalue weighted by atomic mass is 16.5. The van der Waals surface area contributed by atoms with Gasteiger partial charge in [-0.1, -0.05) is 12.1 Å². The SMILES string of the molecule is COc1ccc(O)c(-c2cccc(OC)c2OC)c1. The predicted octanol–water partition coefficient (Wildman–Crippen LogP) is 3.09. The highest BCUT2D eigenvalue weighted by Crippen LogP contribution is 2.42. The Morgan fingerprint density at radius 1 is 0.842 bits per heavy atom. The van der Waals surface area contributed by atoms with Gasteiger partial charge in [0.05, 0.1) is 21.3 Å². The average molecular weight is 260 g/mol. The highest BCUT2D eigenvalue weighted by molar-refractivity contribution is 5.79. The van der Waals surface area contributed by atoms with Gasteiger partial charge in [-0.25, -0.2) is 0 Å². The lowest BCUT2D eigenvalue weighted by Gasteiger charge is -2.14. The molecule has 0 amide bonds. The molecule has 4 nitrogen and oxygen atoms in total. The van der Waals surface area contributed by atoms with Crippen molar-refractivity contribution >= 4 is 0 Å². The summed E-state index contributed by atoms with van der Waals surface area (Å²) in [5, 5.41) is 10.0. The Labute approximate surface area is 112 Å². The fourth-order valence-corrected chi connectivity index (χ4v) is 1.96. The molecule has 19 heavy (non-hydrogen) atoms. The minimum atomic E-state index is 0.160. The largest absolute Gasteiger partial charge is 0.507 e. The number of benzene rings is 2. The molecule has 0 aromatic heterocycles. The molecule has 0 saturated carbocycles. The highest BCUT2D eigenvalue weighted by Gasteiger charge is 2.15. The summed E-state index contributed by atoms with van der Waals surface area (Å²) in [6.07, 6.45) is 0. The number of para-hydroxylation sites is 1. The van der Waals surface area contributed by atoms with Crippen LogP contribution in [0.25, 0.3) is 11.1 Å². The molecule has 2 aromatic rings. The van der Waals surface area contributed by atoms with E-state index in [1.807, 2.05) is 12.1 Å². The molecule has 4 heteroatoms. The van der Waals surface area contributed by atoms with Crippen LogP contribution in [0.15, 0.2) is 36.4 Å². The Kier molecular flexibility index (Phi) is 3.80. The Balaban J connectivity index is 2.64. The third-order valence-electron chi connectivity index (χ3n) is 2.90. The van der Waals surface area contributed by atoms with E-state index in [0.29, 0.717) is 22.8 Å². The Hall–Kier alpha value is -2.36. The molecule has 0 aliphatic heterocycles. The van der Waals surface area contributed by atoms with Gasteiger partial charge in [0.1, 0.15) is 11.5 Å². The number of hydrogen-bond donors (Lipinski definition) is 1. The lowest BCUT2D eigenvalue weighted by molar-refractivity contribution is 0.356. The van der Waals surface area contributed by atoms with Crippen LogP contribution >= 0.6 is 0 Å². The molecule has 0 fully saturated rings. The number of phenolic OH excluding ortho intramolecular Hbond substituents is 1. The number of methoxy groups -OCH3 is 3. The second kappa shape index (κ2) is 5.52. The van der Waals surface area contributed by atoms with Crippen LogP contribution in [0.4, 0.5) is 0 Å². The van der Waals surface area contributed by atoms with Gasteiger partial charge in [0.25, 0.3) is 0 Å². The van der Waals surface area contributed by atoms with E-state index >= 15 is 0 Å². The first-order valence-electron chi connectivity index (χ1n) is 5.79. The van der Waals surface area contributed by atoms with E-state index in [1.165, 1.54) is 0 Å². The zero-order valence-electron chi connectivity index (χ0n) is 11.1. The molecule has 0 saturated heterocycles. The smallest absolute Gasteiger partial charge is 0.168 e. The molecular formula is C15H16O4. The van der Waals surface area contributed by atoms with Gasteiger partial charge in [0.15, 0.2) is 11.5 Å². The monoisotopic (exact) mass is 260 g/mol. The Morgan fingerprint density at radius 3 is 2.26 bits per heavy atom. The molecule has 0 radical (unpaired) electrons. The third-order valence-corrected chi connectivity index (χ3v) is 2.90. The van der Waals surface area contributed by atoms with Crippen LogP contribution in [-0.2, 0) is 0 Å². The zero-order chi connectivity index (χ0) is 13.8. The predicted molar refractivity (Wildman–Crippen MR) is 73.2 cm³/mol. The number of hydrogen-bond acceptors (Lipinski definition) is 4. The average Bonchev–Trinajstić information content (AvgIpc) is 2.46. The van der Waals surface area contributed by atoms with Crippen LogP contribution in [0.2, 0.25) is 0 Å². The molecule has 0 aliphatic rings. The molecule has 0 heterocycles. The van der Waals surface area contributed by atoms with Gasteiger partial charge < -0.3 is 19.3 Å². The van der Waals surface area contributed by atoms with Crippen molar-refractivity contribution in [1.29, 1.82) is 0 Å². The van der Waals surface area contributed by atoms with Crippen molar-refractivity contribution in [3.05, 3.63) is 36.4 Å². The van der Waals surface area contributed by atoms with E-state index < -0.39 is 0 Å². The van der Waals surface area contributed by atoms with Crippen molar-refractivity contribution in [2.45, 2.75) is 0 Å². The maximum absolute atomic E-state index is 10.0. The van der Waals surface area contributed by atoms with Crippen LogP contribution in [0.5, 0.6) is 23.0 Å². The fourth-order valence-electron chi connectivity index (χ4n) is 1.96. The molecule has 0 bridgehead atoms. The minimum Gasteiger partial charge on any atom is -0.507 e. The molecule has 0 aliphatic carbocycles. The van der Waals surface area contributed by atoms with Crippen molar-refractivity contribution in [3.8, 4) is 34.1 Å². The van der Waals surface area contributed by atoms with Gasteiger partial charge in [0.2, 0.25) is 0 Å². The van der Waals surface area contributed by atoms with Crippen molar-refractivity contribution in [3.63, 3.8) is 0 Å². The summed E-state index contributed by atoms with van der Waals surface area (Å²) in [4.78, 5) is 0. The van der Waals surface area contributed by atoms with Gasteiger partial charge in [-0.2, -0.15) is 0 Å². The standard InChI is InChI=1S/C15H16O4/c1-17-10-7-8-13(16)12(9-10)11-5-4-6-14(18-2)15(11)19-3/h4-9,16H,1-3H3. The van der Waals surface area contributed by atoms with Gasteiger partial charge in [-0.3, -0.25) is 0 Å². The van der Waals surface area contributed by atoms with Crippen LogP contribution < -0.4 is 14.2 Å². The maximum atomic E-state index is 10.0. The van der Waals surface area contributed by atoms with E-state index in [0.717, 1.165) is 5.56 Å². The zero-order valence-corrected chi connectivity index (χ0v) is 11.1. The fraction of sp³-hybridized carbons (Fsp3) is 0.200.